The maximum atomic E-state index is 14.0. The van der Waals surface area contributed by atoms with Crippen molar-refractivity contribution < 1.29 is 27.9 Å². The van der Waals surface area contributed by atoms with E-state index in [2.05, 4.69) is 15.7 Å². The summed E-state index contributed by atoms with van der Waals surface area (Å²) >= 11 is 0. The van der Waals surface area contributed by atoms with E-state index >= 15 is 0 Å². The lowest BCUT2D eigenvalue weighted by Gasteiger charge is -2.59. The van der Waals surface area contributed by atoms with E-state index in [-0.39, 0.29) is 35.8 Å². The van der Waals surface area contributed by atoms with Crippen LogP contribution in [0.25, 0.3) is 6.20 Å². The lowest BCUT2D eigenvalue weighted by atomic mass is 9.48. The van der Waals surface area contributed by atoms with Crippen LogP contribution in [0.2, 0.25) is 0 Å². The van der Waals surface area contributed by atoms with Crippen LogP contribution in [0.1, 0.15) is 68.9 Å². The summed E-state index contributed by atoms with van der Waals surface area (Å²) in [6.45, 7) is 5.46. The van der Waals surface area contributed by atoms with Gasteiger partial charge in [0.1, 0.15) is 0 Å². The second kappa shape index (κ2) is 8.70. The molecule has 4 fully saturated rings. The number of carbonyl (C=O) groups excluding carboxylic acids is 2. The van der Waals surface area contributed by atoms with Gasteiger partial charge in [0.2, 0.25) is 5.91 Å². The fourth-order valence-electron chi connectivity index (χ4n) is 6.50. The van der Waals surface area contributed by atoms with Crippen molar-refractivity contribution in [1.82, 2.24) is 20.4 Å². The van der Waals surface area contributed by atoms with Crippen LogP contribution >= 0.6 is 0 Å². The number of alkyl halides is 3. The van der Waals surface area contributed by atoms with E-state index in [0.29, 0.717) is 17.1 Å². The summed E-state index contributed by atoms with van der Waals surface area (Å²) in [5, 5.41) is 19.3. The minimum atomic E-state index is -4.81. The van der Waals surface area contributed by atoms with Crippen molar-refractivity contribution >= 4 is 18.0 Å². The molecular weight excluding hydrogens is 449 g/mol. The number of nitrogens with one attached hydrogen (secondary N) is 2. The Hall–Kier alpha value is -2.36. The number of aromatic nitrogens is 2. The molecule has 4 aliphatic carbocycles. The van der Waals surface area contributed by atoms with E-state index in [4.69, 9.17) is 0 Å². The highest BCUT2D eigenvalue weighted by atomic mass is 19.4. The number of halogens is 3. The standard InChI is InChI=1S/C24H33F3N4O3/c1-4-28-21(34)22(2,3)5-6-31-19(24(25,26)27)17(12-29-31)20(33)30-18-15-7-14-8-16(18)11-23(9-14,10-15)13-32/h5-6,12,14-16,18,32H,4,7-11,13H2,1-3H3,(H,28,34)(H,30,33). The molecule has 1 aromatic rings. The second-order valence-electron chi connectivity index (χ2n) is 10.9. The maximum absolute atomic E-state index is 14.0. The Balaban J connectivity index is 1.56. The monoisotopic (exact) mass is 482 g/mol. The van der Waals surface area contributed by atoms with Crippen LogP contribution in [0, 0.1) is 28.6 Å². The van der Waals surface area contributed by atoms with Crippen LogP contribution in [0.5, 0.6) is 0 Å². The van der Waals surface area contributed by atoms with E-state index in [0.717, 1.165) is 44.5 Å². The normalized spacial score (nSPS) is 30.7. The smallest absolute Gasteiger partial charge is 0.396 e. The van der Waals surface area contributed by atoms with Gasteiger partial charge in [0.25, 0.3) is 5.91 Å². The first kappa shape index (κ1) is 24.8. The summed E-state index contributed by atoms with van der Waals surface area (Å²) in [5.41, 5.74) is -2.85. The number of hydrogen-bond acceptors (Lipinski definition) is 4. The minimum Gasteiger partial charge on any atom is -0.396 e. The zero-order valence-electron chi connectivity index (χ0n) is 19.8. The van der Waals surface area contributed by atoms with Gasteiger partial charge in [0, 0.05) is 25.4 Å². The lowest BCUT2D eigenvalue weighted by molar-refractivity contribution is -0.142. The van der Waals surface area contributed by atoms with Crippen molar-refractivity contribution in [1.29, 1.82) is 0 Å². The maximum Gasteiger partial charge on any atom is 0.434 e. The van der Waals surface area contributed by atoms with Gasteiger partial charge in [0.15, 0.2) is 5.69 Å². The molecule has 3 N–H and O–H groups in total. The van der Waals surface area contributed by atoms with Crippen molar-refractivity contribution in [3.8, 4) is 0 Å². The Morgan fingerprint density at radius 3 is 2.44 bits per heavy atom. The van der Waals surface area contributed by atoms with Crippen LogP contribution in [0.15, 0.2) is 12.3 Å². The average molecular weight is 483 g/mol. The molecule has 2 unspecified atom stereocenters. The molecule has 4 saturated carbocycles. The third-order valence-corrected chi connectivity index (χ3v) is 7.90. The van der Waals surface area contributed by atoms with Gasteiger partial charge in [-0.05, 0) is 76.0 Å². The van der Waals surface area contributed by atoms with Gasteiger partial charge in [-0.25, -0.2) is 4.68 Å². The van der Waals surface area contributed by atoms with Crippen LogP contribution in [0.3, 0.4) is 0 Å². The molecule has 10 heteroatoms. The highest BCUT2D eigenvalue weighted by Crippen LogP contribution is 2.59. The van der Waals surface area contributed by atoms with Crippen molar-refractivity contribution in [3.63, 3.8) is 0 Å². The molecule has 5 rings (SSSR count). The van der Waals surface area contributed by atoms with Gasteiger partial charge in [-0.15, -0.1) is 0 Å². The molecule has 1 heterocycles. The highest BCUT2D eigenvalue weighted by Gasteiger charge is 2.55. The molecule has 0 spiro atoms. The molecule has 0 radical (unpaired) electrons. The first-order valence-corrected chi connectivity index (χ1v) is 11.9. The third kappa shape index (κ3) is 4.48. The van der Waals surface area contributed by atoms with Gasteiger partial charge in [0.05, 0.1) is 17.2 Å². The van der Waals surface area contributed by atoms with E-state index in [1.165, 1.54) is 6.08 Å². The molecule has 7 nitrogen and oxygen atoms in total. The number of nitrogens with zero attached hydrogens (tertiary/aromatic N) is 2. The predicted octanol–water partition coefficient (Wildman–Crippen LogP) is 3.45. The van der Waals surface area contributed by atoms with Crippen molar-refractivity contribution in [3.05, 3.63) is 23.5 Å². The molecule has 2 atom stereocenters. The number of carbonyl (C=O) groups is 2. The van der Waals surface area contributed by atoms with E-state index in [1.54, 1.807) is 20.8 Å². The number of rotatable bonds is 7. The quantitative estimate of drug-likeness (QED) is 0.555. The minimum absolute atomic E-state index is 0.0958. The molecule has 2 amide bonds. The van der Waals surface area contributed by atoms with Crippen LogP contribution in [-0.2, 0) is 11.0 Å². The third-order valence-electron chi connectivity index (χ3n) is 7.90. The Bertz CT molecular complexity index is 969. The molecule has 1 aromatic heterocycles. The molecule has 0 aliphatic heterocycles. The van der Waals surface area contributed by atoms with Crippen molar-refractivity contribution in [2.45, 2.75) is 65.1 Å². The molecule has 4 aliphatic rings. The zero-order valence-corrected chi connectivity index (χ0v) is 19.8. The van der Waals surface area contributed by atoms with Gasteiger partial charge < -0.3 is 15.7 Å². The van der Waals surface area contributed by atoms with Crippen LogP contribution in [-0.4, -0.2) is 45.9 Å². The van der Waals surface area contributed by atoms with Gasteiger partial charge >= 0.3 is 6.18 Å². The van der Waals surface area contributed by atoms with E-state index in [9.17, 15) is 27.9 Å². The van der Waals surface area contributed by atoms with E-state index < -0.39 is 28.8 Å². The van der Waals surface area contributed by atoms with Gasteiger partial charge in [-0.2, -0.15) is 18.3 Å². The number of hydrogen-bond donors (Lipinski definition) is 3. The molecule has 0 aromatic carbocycles. The van der Waals surface area contributed by atoms with Crippen molar-refractivity contribution in [2.75, 3.05) is 13.2 Å². The number of amides is 2. The van der Waals surface area contributed by atoms with E-state index in [1.807, 2.05) is 0 Å². The topological polar surface area (TPSA) is 96.2 Å². The summed E-state index contributed by atoms with van der Waals surface area (Å²) in [5.74, 6) is -0.253. The van der Waals surface area contributed by atoms with Gasteiger partial charge in [-0.3, -0.25) is 9.59 Å². The molecule has 0 saturated heterocycles. The highest BCUT2D eigenvalue weighted by molar-refractivity contribution is 5.95. The Kier molecular flexibility index (Phi) is 6.33. The van der Waals surface area contributed by atoms with Crippen molar-refractivity contribution in [2.24, 2.45) is 28.6 Å². The SMILES string of the molecule is CCNC(=O)C(C)(C)C=Cn1ncc(C(=O)NC2C3CC4CC2CC(CO)(C4)C3)c1C(F)(F)F. The summed E-state index contributed by atoms with van der Waals surface area (Å²) in [6, 6.07) is -0.194. The first-order valence-electron chi connectivity index (χ1n) is 11.9. The Morgan fingerprint density at radius 2 is 1.88 bits per heavy atom. The first-order chi connectivity index (χ1) is 15.9. The van der Waals surface area contributed by atoms with Gasteiger partial charge in [-0.1, -0.05) is 6.08 Å². The summed E-state index contributed by atoms with van der Waals surface area (Å²) in [7, 11) is 0. The molecule has 4 bridgehead atoms. The summed E-state index contributed by atoms with van der Waals surface area (Å²) in [4.78, 5) is 25.2. The zero-order chi connectivity index (χ0) is 24.9. The fourth-order valence-corrected chi connectivity index (χ4v) is 6.50. The summed E-state index contributed by atoms with van der Waals surface area (Å²) in [6.07, 6.45) is 3.02. The van der Waals surface area contributed by atoms with Crippen LogP contribution < -0.4 is 10.6 Å². The Morgan fingerprint density at radius 1 is 1.24 bits per heavy atom. The molecule has 34 heavy (non-hydrogen) atoms. The predicted molar refractivity (Wildman–Crippen MR) is 119 cm³/mol. The number of aliphatic hydroxyl groups is 1. The van der Waals surface area contributed by atoms with Crippen LogP contribution in [0.4, 0.5) is 13.2 Å². The fraction of sp³-hybridized carbons (Fsp3) is 0.708. The largest absolute Gasteiger partial charge is 0.434 e. The summed E-state index contributed by atoms with van der Waals surface area (Å²) < 4.78 is 42.6. The molecular formula is C24H33F3N4O3. The lowest BCUT2D eigenvalue weighted by Crippen LogP contribution is -2.60. The second-order valence-corrected chi connectivity index (χ2v) is 10.9. The molecule has 188 valence electrons. The Labute approximate surface area is 197 Å². The number of aliphatic hydroxyl groups excluding tert-OH is 1. The average Bonchev–Trinajstić information content (AvgIpc) is 3.19.